The van der Waals surface area contributed by atoms with Crippen molar-refractivity contribution in [1.29, 1.82) is 0 Å². The summed E-state index contributed by atoms with van der Waals surface area (Å²) < 4.78 is 4.95. The first-order chi connectivity index (χ1) is 10.5. The zero-order valence-corrected chi connectivity index (χ0v) is 13.2. The number of phenolic OH excluding ortho intramolecular Hbond substituents is 1. The molecule has 0 saturated carbocycles. The van der Waals surface area contributed by atoms with Crippen LogP contribution in [0.25, 0.3) is 6.08 Å². The fourth-order valence-corrected chi connectivity index (χ4v) is 2.04. The zero-order valence-electron chi connectivity index (χ0n) is 11.6. The quantitative estimate of drug-likeness (QED) is 0.815. The van der Waals surface area contributed by atoms with Gasteiger partial charge >= 0.3 is 0 Å². The van der Waals surface area contributed by atoms with E-state index in [2.05, 4.69) is 5.32 Å². The molecule has 0 saturated heterocycles. The van der Waals surface area contributed by atoms with Gasteiger partial charge < -0.3 is 15.2 Å². The lowest BCUT2D eigenvalue weighted by Gasteiger charge is -2.04. The topological polar surface area (TPSA) is 58.6 Å². The molecule has 22 heavy (non-hydrogen) atoms. The third-order valence-corrected chi connectivity index (χ3v) is 3.56. The van der Waals surface area contributed by atoms with Gasteiger partial charge in [0.1, 0.15) is 0 Å². The summed E-state index contributed by atoms with van der Waals surface area (Å²) in [5.41, 5.74) is 1.21. The van der Waals surface area contributed by atoms with Gasteiger partial charge in [-0.15, -0.1) is 0 Å². The highest BCUT2D eigenvalue weighted by atomic mass is 35.5. The van der Waals surface area contributed by atoms with Gasteiger partial charge in [-0.3, -0.25) is 4.79 Å². The number of hydrogen-bond donors (Lipinski definition) is 2. The number of hydrogen-bond acceptors (Lipinski definition) is 3. The van der Waals surface area contributed by atoms with Crippen molar-refractivity contribution >= 4 is 40.9 Å². The number of nitrogens with one attached hydrogen (secondary N) is 1. The second-order valence-corrected chi connectivity index (χ2v) is 5.20. The van der Waals surface area contributed by atoms with E-state index in [1.54, 1.807) is 36.4 Å². The molecule has 0 aromatic heterocycles. The van der Waals surface area contributed by atoms with Crippen molar-refractivity contribution < 1.29 is 14.6 Å². The first-order valence-corrected chi connectivity index (χ1v) is 7.06. The smallest absolute Gasteiger partial charge is 0.248 e. The van der Waals surface area contributed by atoms with Crippen molar-refractivity contribution in [3.63, 3.8) is 0 Å². The van der Waals surface area contributed by atoms with Crippen LogP contribution in [0.15, 0.2) is 42.5 Å². The maximum Gasteiger partial charge on any atom is 0.248 e. The zero-order chi connectivity index (χ0) is 16.1. The van der Waals surface area contributed by atoms with Gasteiger partial charge in [0, 0.05) is 11.8 Å². The van der Waals surface area contributed by atoms with Crippen LogP contribution in [-0.2, 0) is 4.79 Å². The van der Waals surface area contributed by atoms with Crippen molar-refractivity contribution in [2.45, 2.75) is 0 Å². The van der Waals surface area contributed by atoms with Gasteiger partial charge in [-0.25, -0.2) is 0 Å². The highest BCUT2D eigenvalue weighted by molar-refractivity contribution is 6.42. The Morgan fingerprint density at radius 1 is 1.18 bits per heavy atom. The number of halogens is 2. The van der Waals surface area contributed by atoms with Crippen molar-refractivity contribution in [3.05, 3.63) is 58.1 Å². The summed E-state index contributed by atoms with van der Waals surface area (Å²) in [5.74, 6) is 0.0562. The van der Waals surface area contributed by atoms with Gasteiger partial charge in [0.05, 0.1) is 17.2 Å². The first-order valence-electron chi connectivity index (χ1n) is 6.30. The van der Waals surface area contributed by atoms with Crippen molar-refractivity contribution in [2.75, 3.05) is 12.4 Å². The molecule has 1 amide bonds. The Labute approximate surface area is 137 Å². The third kappa shape index (κ3) is 4.16. The minimum absolute atomic E-state index is 0.00883. The largest absolute Gasteiger partial charge is 0.504 e. The highest BCUT2D eigenvalue weighted by Gasteiger charge is 2.03. The first kappa shape index (κ1) is 16.2. The molecule has 0 aliphatic heterocycles. The van der Waals surface area contributed by atoms with E-state index in [1.807, 2.05) is 0 Å². The summed E-state index contributed by atoms with van der Waals surface area (Å²) in [6.45, 7) is 0. The van der Waals surface area contributed by atoms with Crippen LogP contribution in [0.1, 0.15) is 5.56 Å². The van der Waals surface area contributed by atoms with Crippen LogP contribution in [0.4, 0.5) is 5.69 Å². The number of ether oxygens (including phenoxy) is 1. The Morgan fingerprint density at radius 3 is 2.59 bits per heavy atom. The lowest BCUT2D eigenvalue weighted by atomic mass is 10.2. The molecule has 0 radical (unpaired) electrons. The molecule has 0 unspecified atom stereocenters. The molecule has 2 N–H and O–H groups in total. The van der Waals surface area contributed by atoms with Crippen molar-refractivity contribution in [2.24, 2.45) is 0 Å². The molecule has 2 aromatic carbocycles. The lowest BCUT2D eigenvalue weighted by molar-refractivity contribution is -0.111. The Balaban J connectivity index is 2.04. The number of anilines is 1. The SMILES string of the molecule is COc1ccc(C=CC(=O)Nc2ccc(Cl)c(Cl)c2)cc1O. The standard InChI is InChI=1S/C16H13Cl2NO3/c1-22-15-6-2-10(8-14(15)20)3-7-16(21)19-11-4-5-12(17)13(18)9-11/h2-9,20H,1H3,(H,19,21). The summed E-state index contributed by atoms with van der Waals surface area (Å²) in [7, 11) is 1.47. The van der Waals surface area contributed by atoms with E-state index in [0.29, 0.717) is 27.0 Å². The highest BCUT2D eigenvalue weighted by Crippen LogP contribution is 2.27. The van der Waals surface area contributed by atoms with E-state index in [-0.39, 0.29) is 11.7 Å². The monoisotopic (exact) mass is 337 g/mol. The fraction of sp³-hybridized carbons (Fsp3) is 0.0625. The van der Waals surface area contributed by atoms with Gasteiger partial charge in [-0.1, -0.05) is 29.3 Å². The number of methoxy groups -OCH3 is 1. The summed E-state index contributed by atoms with van der Waals surface area (Å²) in [5, 5.41) is 13.1. The van der Waals surface area contributed by atoms with Gasteiger partial charge in [0.25, 0.3) is 0 Å². The minimum atomic E-state index is -0.325. The maximum absolute atomic E-state index is 11.8. The lowest BCUT2D eigenvalue weighted by Crippen LogP contribution is -2.07. The molecule has 0 heterocycles. The summed E-state index contributed by atoms with van der Waals surface area (Å²) in [6.07, 6.45) is 2.93. The second kappa shape index (κ2) is 7.20. The Morgan fingerprint density at radius 2 is 1.95 bits per heavy atom. The maximum atomic E-state index is 11.8. The van der Waals surface area contributed by atoms with E-state index in [0.717, 1.165) is 0 Å². The molecular formula is C16H13Cl2NO3. The van der Waals surface area contributed by atoms with Crippen LogP contribution in [0, 0.1) is 0 Å². The summed E-state index contributed by atoms with van der Waals surface area (Å²) >= 11 is 11.7. The van der Waals surface area contributed by atoms with Crippen molar-refractivity contribution in [1.82, 2.24) is 0 Å². The molecule has 0 aliphatic rings. The van der Waals surface area contributed by atoms with E-state index in [9.17, 15) is 9.90 Å². The number of carbonyl (C=O) groups is 1. The molecule has 0 bridgehead atoms. The van der Waals surface area contributed by atoms with Crippen LogP contribution in [0.2, 0.25) is 10.0 Å². The van der Waals surface area contributed by atoms with Crippen molar-refractivity contribution in [3.8, 4) is 11.5 Å². The average Bonchev–Trinajstić information content (AvgIpc) is 2.49. The number of phenols is 1. The predicted molar refractivity (Wildman–Crippen MR) is 88.8 cm³/mol. The number of amides is 1. The van der Waals surface area contributed by atoms with Crippen LogP contribution >= 0.6 is 23.2 Å². The molecule has 0 fully saturated rings. The molecule has 0 aliphatic carbocycles. The number of carbonyl (C=O) groups excluding carboxylic acids is 1. The van der Waals surface area contributed by atoms with Gasteiger partial charge in [0.15, 0.2) is 11.5 Å². The number of benzene rings is 2. The van der Waals surface area contributed by atoms with E-state index in [4.69, 9.17) is 27.9 Å². The summed E-state index contributed by atoms with van der Waals surface area (Å²) in [4.78, 5) is 11.8. The van der Waals surface area contributed by atoms with Gasteiger partial charge in [0.2, 0.25) is 5.91 Å². The molecule has 4 nitrogen and oxygen atoms in total. The predicted octanol–water partition coefficient (Wildman–Crippen LogP) is 4.36. The molecule has 6 heteroatoms. The van der Waals surface area contributed by atoms with Crippen LogP contribution < -0.4 is 10.1 Å². The molecular weight excluding hydrogens is 325 g/mol. The third-order valence-electron chi connectivity index (χ3n) is 2.82. The molecule has 2 aromatic rings. The Bertz CT molecular complexity index is 729. The number of rotatable bonds is 4. The molecule has 114 valence electrons. The molecule has 0 spiro atoms. The van der Waals surface area contributed by atoms with Gasteiger partial charge in [-0.05, 0) is 42.0 Å². The Kier molecular flexibility index (Phi) is 5.31. The van der Waals surface area contributed by atoms with Crippen LogP contribution in [0.5, 0.6) is 11.5 Å². The second-order valence-electron chi connectivity index (χ2n) is 4.38. The Hall–Kier alpha value is -2.17. The minimum Gasteiger partial charge on any atom is -0.504 e. The van der Waals surface area contributed by atoms with E-state index >= 15 is 0 Å². The average molecular weight is 338 g/mol. The van der Waals surface area contributed by atoms with E-state index < -0.39 is 0 Å². The molecule has 2 rings (SSSR count). The van der Waals surface area contributed by atoms with Gasteiger partial charge in [-0.2, -0.15) is 0 Å². The number of aromatic hydroxyl groups is 1. The molecule has 0 atom stereocenters. The fourth-order valence-electron chi connectivity index (χ4n) is 1.74. The van der Waals surface area contributed by atoms with E-state index in [1.165, 1.54) is 19.3 Å². The van der Waals surface area contributed by atoms with Crippen LogP contribution in [0.3, 0.4) is 0 Å². The summed E-state index contributed by atoms with van der Waals surface area (Å²) in [6, 6.07) is 9.66. The van der Waals surface area contributed by atoms with Crippen LogP contribution in [-0.4, -0.2) is 18.1 Å². The normalized spacial score (nSPS) is 10.7.